The highest BCUT2D eigenvalue weighted by Crippen LogP contribution is 2.18. The lowest BCUT2D eigenvalue weighted by Crippen LogP contribution is -2.35. The molecule has 0 radical (unpaired) electrons. The summed E-state index contributed by atoms with van der Waals surface area (Å²) >= 11 is 0. The summed E-state index contributed by atoms with van der Waals surface area (Å²) in [7, 11) is 1.58. The third-order valence-corrected chi connectivity index (χ3v) is 3.24. The van der Waals surface area contributed by atoms with Crippen LogP contribution in [0.25, 0.3) is 0 Å². The minimum Gasteiger partial charge on any atom is -0.459 e. The van der Waals surface area contributed by atoms with Crippen LogP contribution >= 0.6 is 0 Å². The molecule has 1 aliphatic heterocycles. The molecule has 21 heavy (non-hydrogen) atoms. The lowest BCUT2D eigenvalue weighted by molar-refractivity contribution is -0.0428. The average molecular weight is 296 g/mol. The fraction of sp³-hybridized carbons (Fsp3) is 0.533. The second-order valence-corrected chi connectivity index (χ2v) is 4.73. The van der Waals surface area contributed by atoms with E-state index in [-0.39, 0.29) is 13.2 Å². The molecule has 6 nitrogen and oxygen atoms in total. The Morgan fingerprint density at radius 2 is 2.10 bits per heavy atom. The molecule has 2 rings (SSSR count). The largest absolute Gasteiger partial charge is 0.459 e. The maximum atomic E-state index is 11.8. The van der Waals surface area contributed by atoms with Gasteiger partial charge in [-0.25, -0.2) is 4.79 Å². The number of benzene rings is 1. The third kappa shape index (κ3) is 4.50. The fourth-order valence-corrected chi connectivity index (χ4v) is 2.05. The van der Waals surface area contributed by atoms with Crippen molar-refractivity contribution in [3.8, 4) is 0 Å². The highest BCUT2D eigenvalue weighted by atomic mass is 16.6. The quantitative estimate of drug-likeness (QED) is 0.588. The first-order chi connectivity index (χ1) is 10.2. The van der Waals surface area contributed by atoms with E-state index in [0.29, 0.717) is 18.8 Å². The van der Waals surface area contributed by atoms with Crippen molar-refractivity contribution >= 4 is 5.97 Å². The zero-order valence-electron chi connectivity index (χ0n) is 11.9. The van der Waals surface area contributed by atoms with Gasteiger partial charge in [-0.3, -0.25) is 0 Å². The second-order valence-electron chi connectivity index (χ2n) is 4.73. The van der Waals surface area contributed by atoms with E-state index < -0.39 is 24.3 Å². The minimum atomic E-state index is -0.814. The number of aliphatic hydroxyl groups excluding tert-OH is 1. The highest BCUT2D eigenvalue weighted by Gasteiger charge is 2.37. The predicted octanol–water partition coefficient (Wildman–Crippen LogP) is 0.635. The van der Waals surface area contributed by atoms with Crippen molar-refractivity contribution < 1.29 is 28.8 Å². The predicted molar refractivity (Wildman–Crippen MR) is 74.1 cm³/mol. The molecule has 1 N–H and O–H groups in total. The van der Waals surface area contributed by atoms with Gasteiger partial charge in [0.2, 0.25) is 0 Å². The monoisotopic (exact) mass is 296 g/mol. The zero-order valence-corrected chi connectivity index (χ0v) is 11.9. The molecule has 1 aromatic rings. The summed E-state index contributed by atoms with van der Waals surface area (Å²) in [5.41, 5.74) is 0.470. The van der Waals surface area contributed by atoms with Gasteiger partial charge in [-0.05, 0) is 12.1 Å². The maximum absolute atomic E-state index is 11.8. The van der Waals surface area contributed by atoms with E-state index in [1.165, 1.54) is 0 Å². The third-order valence-electron chi connectivity index (χ3n) is 3.24. The molecule has 0 unspecified atom stereocenters. The molecule has 1 fully saturated rings. The fourth-order valence-electron chi connectivity index (χ4n) is 2.05. The second kappa shape index (κ2) is 8.09. The zero-order chi connectivity index (χ0) is 15.1. The molecule has 0 aromatic heterocycles. The van der Waals surface area contributed by atoms with Crippen molar-refractivity contribution in [2.75, 3.05) is 33.5 Å². The van der Waals surface area contributed by atoms with E-state index in [0.717, 1.165) is 0 Å². The van der Waals surface area contributed by atoms with Crippen LogP contribution in [0.15, 0.2) is 30.3 Å². The van der Waals surface area contributed by atoms with Crippen LogP contribution in [-0.4, -0.2) is 62.9 Å². The number of carbonyl (C=O) groups excluding carboxylic acids is 1. The molecular weight excluding hydrogens is 276 g/mol. The molecule has 1 aliphatic rings. The van der Waals surface area contributed by atoms with Crippen LogP contribution in [0.1, 0.15) is 10.4 Å². The Morgan fingerprint density at radius 1 is 1.33 bits per heavy atom. The van der Waals surface area contributed by atoms with Crippen molar-refractivity contribution in [1.82, 2.24) is 0 Å². The van der Waals surface area contributed by atoms with Crippen LogP contribution in [0, 0.1) is 0 Å². The van der Waals surface area contributed by atoms with Gasteiger partial charge in [-0.1, -0.05) is 18.2 Å². The molecule has 0 bridgehead atoms. The molecule has 1 saturated heterocycles. The van der Waals surface area contributed by atoms with Crippen molar-refractivity contribution in [2.45, 2.75) is 18.3 Å². The molecule has 1 heterocycles. The first-order valence-electron chi connectivity index (χ1n) is 6.84. The molecule has 6 heteroatoms. The Bertz CT molecular complexity index is 435. The number of aliphatic hydroxyl groups is 1. The molecule has 116 valence electrons. The van der Waals surface area contributed by atoms with Gasteiger partial charge in [0.05, 0.1) is 25.4 Å². The number of rotatable bonds is 7. The van der Waals surface area contributed by atoms with E-state index in [1.54, 1.807) is 31.4 Å². The molecule has 3 atom stereocenters. The summed E-state index contributed by atoms with van der Waals surface area (Å²) in [5, 5.41) is 10.0. The molecule has 0 aliphatic carbocycles. The highest BCUT2D eigenvalue weighted by molar-refractivity contribution is 5.89. The Morgan fingerprint density at radius 3 is 2.81 bits per heavy atom. The Balaban J connectivity index is 1.75. The maximum Gasteiger partial charge on any atom is 0.338 e. The number of carbonyl (C=O) groups is 1. The average Bonchev–Trinajstić information content (AvgIpc) is 2.87. The Labute approximate surface area is 123 Å². The summed E-state index contributed by atoms with van der Waals surface area (Å²) in [6.45, 7) is 1.12. The van der Waals surface area contributed by atoms with Crippen molar-refractivity contribution in [1.29, 1.82) is 0 Å². The van der Waals surface area contributed by atoms with Gasteiger partial charge < -0.3 is 24.1 Å². The summed E-state index contributed by atoms with van der Waals surface area (Å²) in [6, 6.07) is 8.69. The Kier molecular flexibility index (Phi) is 6.13. The van der Waals surface area contributed by atoms with Crippen molar-refractivity contribution in [2.24, 2.45) is 0 Å². The van der Waals surface area contributed by atoms with Crippen LogP contribution in [0.3, 0.4) is 0 Å². The smallest absolute Gasteiger partial charge is 0.338 e. The summed E-state index contributed by atoms with van der Waals surface area (Å²) in [5.74, 6) is -0.435. The van der Waals surface area contributed by atoms with Gasteiger partial charge in [-0.15, -0.1) is 0 Å². The number of ether oxygens (including phenoxy) is 4. The molecular formula is C15H20O6. The number of methoxy groups -OCH3 is 1. The van der Waals surface area contributed by atoms with Crippen molar-refractivity contribution in [3.63, 3.8) is 0 Å². The first-order valence-corrected chi connectivity index (χ1v) is 6.84. The summed E-state index contributed by atoms with van der Waals surface area (Å²) in [6.07, 6.45) is -1.80. The molecule has 0 spiro atoms. The summed E-state index contributed by atoms with van der Waals surface area (Å²) < 4.78 is 20.9. The lowest BCUT2D eigenvalue weighted by Gasteiger charge is -2.17. The van der Waals surface area contributed by atoms with Crippen molar-refractivity contribution in [3.05, 3.63) is 35.9 Å². The van der Waals surface area contributed by atoms with E-state index in [4.69, 9.17) is 18.9 Å². The molecule has 0 saturated carbocycles. The van der Waals surface area contributed by atoms with Gasteiger partial charge in [0, 0.05) is 7.11 Å². The van der Waals surface area contributed by atoms with Gasteiger partial charge >= 0.3 is 5.97 Å². The molecule has 0 amide bonds. The van der Waals surface area contributed by atoms with Gasteiger partial charge in [0.15, 0.2) is 0 Å². The first kappa shape index (κ1) is 15.9. The SMILES string of the molecule is COCCO[C@H]1CO[C@H](COC(=O)c2ccccc2)[C@H]1O. The Hall–Kier alpha value is -1.47. The van der Waals surface area contributed by atoms with Gasteiger partial charge in [-0.2, -0.15) is 0 Å². The normalized spacial score (nSPS) is 25.0. The molecule has 1 aromatic carbocycles. The van der Waals surface area contributed by atoms with Crippen LogP contribution in [0.5, 0.6) is 0 Å². The van der Waals surface area contributed by atoms with E-state index in [9.17, 15) is 9.90 Å². The van der Waals surface area contributed by atoms with Gasteiger partial charge in [0.25, 0.3) is 0 Å². The standard InChI is InChI=1S/C15H20O6/c1-18-7-8-19-12-9-20-13(14(12)16)10-21-15(17)11-5-3-2-4-6-11/h2-6,12-14,16H,7-10H2,1H3/t12-,13+,14-/m0/s1. The van der Waals surface area contributed by atoms with Crippen LogP contribution in [-0.2, 0) is 18.9 Å². The van der Waals surface area contributed by atoms with Crippen LogP contribution in [0.4, 0.5) is 0 Å². The van der Waals surface area contributed by atoms with E-state index >= 15 is 0 Å². The van der Waals surface area contributed by atoms with Crippen LogP contribution < -0.4 is 0 Å². The van der Waals surface area contributed by atoms with E-state index in [2.05, 4.69) is 0 Å². The minimum absolute atomic E-state index is 0.000960. The number of hydrogen-bond acceptors (Lipinski definition) is 6. The number of esters is 1. The van der Waals surface area contributed by atoms with Crippen LogP contribution in [0.2, 0.25) is 0 Å². The number of hydrogen-bond donors (Lipinski definition) is 1. The van der Waals surface area contributed by atoms with Gasteiger partial charge in [0.1, 0.15) is 24.9 Å². The summed E-state index contributed by atoms with van der Waals surface area (Å²) in [4.78, 5) is 11.8. The van der Waals surface area contributed by atoms with E-state index in [1.807, 2.05) is 6.07 Å². The topological polar surface area (TPSA) is 74.2 Å². The lowest BCUT2D eigenvalue weighted by atomic mass is 10.1.